The van der Waals surface area contributed by atoms with Gasteiger partial charge in [0.25, 0.3) is 0 Å². The Morgan fingerprint density at radius 1 is 1.00 bits per heavy atom. The monoisotopic (exact) mass is 422 g/mol. The molecular formula is C17H13ClF6N4. The van der Waals surface area contributed by atoms with Crippen molar-refractivity contribution in [1.29, 1.82) is 0 Å². The first kappa shape index (κ1) is 20.2. The Bertz CT molecular complexity index is 1050. The molecule has 1 aromatic carbocycles. The van der Waals surface area contributed by atoms with Crippen LogP contribution < -0.4 is 4.90 Å². The molecule has 2 heterocycles. The normalized spacial score (nSPS) is 12.6. The van der Waals surface area contributed by atoms with Crippen molar-refractivity contribution in [3.8, 4) is 5.69 Å². The Hall–Kier alpha value is -2.49. The second kappa shape index (κ2) is 6.54. The predicted octanol–water partition coefficient (Wildman–Crippen LogP) is 5.49. The highest BCUT2D eigenvalue weighted by molar-refractivity contribution is 6.30. The van der Waals surface area contributed by atoms with Crippen molar-refractivity contribution in [1.82, 2.24) is 14.8 Å². The molecule has 0 spiro atoms. The fraction of sp³-hybridized carbons (Fsp3) is 0.294. The van der Waals surface area contributed by atoms with E-state index in [0.717, 1.165) is 4.68 Å². The van der Waals surface area contributed by atoms with E-state index < -0.39 is 34.6 Å². The third kappa shape index (κ3) is 3.48. The minimum absolute atomic E-state index is 0.0472. The van der Waals surface area contributed by atoms with Crippen LogP contribution >= 0.6 is 11.6 Å². The lowest BCUT2D eigenvalue weighted by Gasteiger charge is -2.18. The molecule has 3 rings (SSSR count). The van der Waals surface area contributed by atoms with Crippen molar-refractivity contribution in [2.45, 2.75) is 19.3 Å². The van der Waals surface area contributed by atoms with Gasteiger partial charge in [0, 0.05) is 19.1 Å². The van der Waals surface area contributed by atoms with Gasteiger partial charge in [-0.1, -0.05) is 11.6 Å². The number of benzene rings is 1. The highest BCUT2D eigenvalue weighted by Gasteiger charge is 2.42. The highest BCUT2D eigenvalue weighted by atomic mass is 35.5. The minimum Gasteiger partial charge on any atom is -0.362 e. The molecule has 0 aliphatic rings. The molecule has 0 saturated heterocycles. The van der Waals surface area contributed by atoms with Gasteiger partial charge in [0.15, 0.2) is 5.69 Å². The summed E-state index contributed by atoms with van der Waals surface area (Å²) in [6, 6.07) is 5.13. The van der Waals surface area contributed by atoms with Crippen molar-refractivity contribution in [3.63, 3.8) is 0 Å². The zero-order chi connectivity index (χ0) is 21.0. The molecule has 28 heavy (non-hydrogen) atoms. The fourth-order valence-corrected chi connectivity index (χ4v) is 3.11. The molecule has 150 valence electrons. The van der Waals surface area contributed by atoms with E-state index in [9.17, 15) is 26.3 Å². The number of halogens is 7. The minimum atomic E-state index is -5.10. The van der Waals surface area contributed by atoms with E-state index in [1.807, 2.05) is 0 Å². The number of nitrogens with zero attached hydrogens (tertiary/aromatic N) is 4. The lowest BCUT2D eigenvalue weighted by Crippen LogP contribution is -2.18. The summed E-state index contributed by atoms with van der Waals surface area (Å²) in [5.74, 6) is -0.0472. The molecule has 0 radical (unpaired) electrons. The lowest BCUT2D eigenvalue weighted by molar-refractivity contribution is -0.149. The maximum Gasteiger partial charge on any atom is 0.434 e. The Morgan fingerprint density at radius 3 is 2.14 bits per heavy atom. The molecule has 11 heteroatoms. The largest absolute Gasteiger partial charge is 0.434 e. The van der Waals surface area contributed by atoms with Crippen molar-refractivity contribution in [2.24, 2.45) is 0 Å². The van der Waals surface area contributed by atoms with Gasteiger partial charge >= 0.3 is 12.4 Å². The SMILES string of the molecule is Cc1cc(Cl)ccc1-n1nc2cc(C(F)(F)F)nc(C(F)(F)F)c2c1N(C)C. The van der Waals surface area contributed by atoms with E-state index in [1.165, 1.54) is 31.1 Å². The molecule has 0 fully saturated rings. The maximum absolute atomic E-state index is 13.6. The zero-order valence-corrected chi connectivity index (χ0v) is 15.5. The van der Waals surface area contributed by atoms with Crippen LogP contribution in [0.1, 0.15) is 17.0 Å². The number of rotatable bonds is 2. The van der Waals surface area contributed by atoms with Gasteiger partial charge in [0.05, 0.1) is 16.6 Å². The molecule has 3 aromatic rings. The van der Waals surface area contributed by atoms with Crippen LogP contribution in [-0.2, 0) is 12.4 Å². The number of pyridine rings is 1. The average molecular weight is 423 g/mol. The summed E-state index contributed by atoms with van der Waals surface area (Å²) in [7, 11) is 2.94. The number of alkyl halides is 6. The number of hydrogen-bond acceptors (Lipinski definition) is 3. The number of aromatic nitrogens is 3. The van der Waals surface area contributed by atoms with Gasteiger partial charge in [-0.3, -0.25) is 0 Å². The van der Waals surface area contributed by atoms with Crippen LogP contribution in [0.25, 0.3) is 16.6 Å². The first-order chi connectivity index (χ1) is 12.8. The van der Waals surface area contributed by atoms with Crippen molar-refractivity contribution in [3.05, 3.63) is 46.2 Å². The van der Waals surface area contributed by atoms with E-state index in [1.54, 1.807) is 13.0 Å². The van der Waals surface area contributed by atoms with Crippen molar-refractivity contribution < 1.29 is 26.3 Å². The van der Waals surface area contributed by atoms with Crippen LogP contribution in [0.5, 0.6) is 0 Å². The zero-order valence-electron chi connectivity index (χ0n) is 14.7. The smallest absolute Gasteiger partial charge is 0.362 e. The molecule has 0 atom stereocenters. The molecular weight excluding hydrogens is 410 g/mol. The van der Waals surface area contributed by atoms with Crippen LogP contribution in [-0.4, -0.2) is 28.9 Å². The molecule has 0 saturated carbocycles. The molecule has 0 bridgehead atoms. The highest BCUT2D eigenvalue weighted by Crippen LogP contribution is 2.41. The van der Waals surface area contributed by atoms with Gasteiger partial charge in [-0.2, -0.15) is 31.4 Å². The first-order valence-electron chi connectivity index (χ1n) is 7.82. The summed E-state index contributed by atoms with van der Waals surface area (Å²) in [4.78, 5) is 4.22. The van der Waals surface area contributed by atoms with E-state index in [0.29, 0.717) is 22.3 Å². The van der Waals surface area contributed by atoms with Crippen molar-refractivity contribution >= 4 is 28.3 Å². The first-order valence-corrected chi connectivity index (χ1v) is 8.20. The van der Waals surface area contributed by atoms with E-state index >= 15 is 0 Å². The Morgan fingerprint density at radius 2 is 1.64 bits per heavy atom. The average Bonchev–Trinajstić information content (AvgIpc) is 2.91. The van der Waals surface area contributed by atoms with Gasteiger partial charge < -0.3 is 4.90 Å². The second-order valence-corrected chi connectivity index (χ2v) is 6.74. The maximum atomic E-state index is 13.6. The van der Waals surface area contributed by atoms with Gasteiger partial charge in [-0.05, 0) is 36.8 Å². The standard InChI is InChI=1S/C17H13ClF6N4/c1-8-6-9(18)4-5-11(8)28-15(27(2)3)13-10(26-28)7-12(16(19,20)21)25-14(13)17(22,23)24/h4-7H,1-3H3. The van der Waals surface area contributed by atoms with Gasteiger partial charge in [-0.25, -0.2) is 9.67 Å². The summed E-state index contributed by atoms with van der Waals surface area (Å²) in [6.07, 6.45) is -10.2. The summed E-state index contributed by atoms with van der Waals surface area (Å²) < 4.78 is 81.1. The van der Waals surface area contributed by atoms with E-state index in [2.05, 4.69) is 10.1 Å². The number of fused-ring (bicyclic) bond motifs is 1. The third-order valence-electron chi connectivity index (χ3n) is 4.00. The van der Waals surface area contributed by atoms with Crippen LogP contribution in [0.15, 0.2) is 24.3 Å². The third-order valence-corrected chi connectivity index (χ3v) is 4.24. The van der Waals surface area contributed by atoms with E-state index in [-0.39, 0.29) is 5.82 Å². The molecule has 0 N–H and O–H groups in total. The number of hydrogen-bond donors (Lipinski definition) is 0. The summed E-state index contributed by atoms with van der Waals surface area (Å²) in [6.45, 7) is 1.66. The van der Waals surface area contributed by atoms with Gasteiger partial charge in [0.1, 0.15) is 11.5 Å². The number of aryl methyl sites for hydroxylation is 1. The molecule has 2 aromatic heterocycles. The summed E-state index contributed by atoms with van der Waals surface area (Å²) in [5.41, 5.74) is -2.80. The second-order valence-electron chi connectivity index (χ2n) is 6.31. The Kier molecular flexibility index (Phi) is 4.73. The van der Waals surface area contributed by atoms with Crippen LogP contribution in [0.3, 0.4) is 0 Å². The predicted molar refractivity (Wildman–Crippen MR) is 92.9 cm³/mol. The van der Waals surface area contributed by atoms with Crippen LogP contribution in [0.2, 0.25) is 5.02 Å². The molecule has 0 aliphatic heterocycles. The van der Waals surface area contributed by atoms with Crippen LogP contribution in [0, 0.1) is 6.92 Å². The quantitative estimate of drug-likeness (QED) is 0.512. The van der Waals surface area contributed by atoms with Gasteiger partial charge in [0.2, 0.25) is 0 Å². The number of anilines is 1. The lowest BCUT2D eigenvalue weighted by atomic mass is 10.1. The van der Waals surface area contributed by atoms with Crippen molar-refractivity contribution in [2.75, 3.05) is 19.0 Å². The van der Waals surface area contributed by atoms with Gasteiger partial charge in [-0.15, -0.1) is 0 Å². The Balaban J connectivity index is 2.47. The molecule has 0 aliphatic carbocycles. The Labute approximate surface area is 160 Å². The molecule has 0 amide bonds. The topological polar surface area (TPSA) is 34.0 Å². The molecule has 4 nitrogen and oxygen atoms in total. The molecule has 0 unspecified atom stereocenters. The van der Waals surface area contributed by atoms with Crippen LogP contribution in [0.4, 0.5) is 32.2 Å². The summed E-state index contributed by atoms with van der Waals surface area (Å²) >= 11 is 5.92. The van der Waals surface area contributed by atoms with E-state index in [4.69, 9.17) is 11.6 Å². The fourth-order valence-electron chi connectivity index (χ4n) is 2.88. The summed E-state index contributed by atoms with van der Waals surface area (Å²) in [5, 5.41) is 3.92.